The van der Waals surface area contributed by atoms with Crippen molar-refractivity contribution in [3.05, 3.63) is 77.9 Å². The Morgan fingerprint density at radius 2 is 1.64 bits per heavy atom. The summed E-state index contributed by atoms with van der Waals surface area (Å²) < 4.78 is 0. The normalized spacial score (nSPS) is 10.6. The van der Waals surface area contributed by atoms with Crippen LogP contribution in [0.2, 0.25) is 0 Å². The Morgan fingerprint density at radius 3 is 2.24 bits per heavy atom. The Balaban J connectivity index is 2.32. The fourth-order valence-electron chi connectivity index (χ4n) is 3.11. The molecular weight excluding hydrogens is 310 g/mol. The molecule has 0 spiro atoms. The molecule has 0 atom stereocenters. The average molecular weight is 331 g/mol. The number of benzene rings is 3. The monoisotopic (exact) mass is 331 g/mol. The Kier molecular flexibility index (Phi) is 4.85. The number of aromatic hydroxyl groups is 1. The Hall–Kier alpha value is -3.07. The molecule has 0 aromatic heterocycles. The van der Waals surface area contributed by atoms with Crippen LogP contribution in [0, 0.1) is 0 Å². The van der Waals surface area contributed by atoms with E-state index in [9.17, 15) is 9.90 Å². The van der Waals surface area contributed by atoms with Gasteiger partial charge in [0.1, 0.15) is 5.75 Å². The summed E-state index contributed by atoms with van der Waals surface area (Å²) in [6.07, 6.45) is 1.86. The van der Waals surface area contributed by atoms with E-state index in [1.807, 2.05) is 48.5 Å². The molecular formula is C22H21NO2. The highest BCUT2D eigenvalue weighted by Crippen LogP contribution is 2.37. The third kappa shape index (κ3) is 3.56. The molecule has 0 saturated heterocycles. The minimum Gasteiger partial charge on any atom is -0.508 e. The number of aryl methyl sites for hydroxylation is 1. The lowest BCUT2D eigenvalue weighted by Gasteiger charge is -2.16. The molecule has 3 aromatic rings. The number of rotatable bonds is 5. The molecule has 0 radical (unpaired) electrons. The molecule has 1 amide bonds. The van der Waals surface area contributed by atoms with Gasteiger partial charge < -0.3 is 10.8 Å². The molecule has 0 bridgehead atoms. The molecule has 3 nitrogen and oxygen atoms in total. The standard InChI is InChI=1S/C22H21NO2/c1-2-6-15-13-19(16-9-11-18(24)12-10-16)21(20(14-15)22(23)25)17-7-4-3-5-8-17/h3-5,7-14,24H,2,6H2,1H3,(H2,23,25). The second kappa shape index (κ2) is 7.22. The van der Waals surface area contributed by atoms with Crippen LogP contribution in [0.15, 0.2) is 66.7 Å². The van der Waals surface area contributed by atoms with Gasteiger partial charge in [0.05, 0.1) is 0 Å². The summed E-state index contributed by atoms with van der Waals surface area (Å²) in [5.74, 6) is -0.221. The maximum absolute atomic E-state index is 12.2. The van der Waals surface area contributed by atoms with E-state index in [1.165, 1.54) is 0 Å². The lowest BCUT2D eigenvalue weighted by Crippen LogP contribution is -2.14. The van der Waals surface area contributed by atoms with Gasteiger partial charge in [-0.25, -0.2) is 0 Å². The summed E-state index contributed by atoms with van der Waals surface area (Å²) in [5, 5.41) is 9.60. The van der Waals surface area contributed by atoms with Crippen LogP contribution in [-0.2, 0) is 6.42 Å². The van der Waals surface area contributed by atoms with Gasteiger partial charge in [-0.2, -0.15) is 0 Å². The van der Waals surface area contributed by atoms with Crippen molar-refractivity contribution in [1.82, 2.24) is 0 Å². The SMILES string of the molecule is CCCc1cc(C(N)=O)c(-c2ccccc2)c(-c2ccc(O)cc2)c1. The van der Waals surface area contributed by atoms with Crippen LogP contribution in [0.1, 0.15) is 29.3 Å². The zero-order chi connectivity index (χ0) is 17.8. The summed E-state index contributed by atoms with van der Waals surface area (Å²) in [6, 6.07) is 20.8. The number of phenols is 1. The van der Waals surface area contributed by atoms with Crippen molar-refractivity contribution in [3.8, 4) is 28.0 Å². The summed E-state index contributed by atoms with van der Waals surface area (Å²) in [5.41, 5.74) is 11.0. The van der Waals surface area contributed by atoms with Crippen molar-refractivity contribution >= 4 is 5.91 Å². The maximum Gasteiger partial charge on any atom is 0.249 e. The van der Waals surface area contributed by atoms with Crippen LogP contribution < -0.4 is 5.73 Å². The van der Waals surface area contributed by atoms with E-state index in [4.69, 9.17) is 5.73 Å². The fraction of sp³-hybridized carbons (Fsp3) is 0.136. The predicted octanol–water partition coefficient (Wildman–Crippen LogP) is 4.78. The van der Waals surface area contributed by atoms with Crippen LogP contribution >= 0.6 is 0 Å². The number of primary amides is 1. The van der Waals surface area contributed by atoms with E-state index in [2.05, 4.69) is 13.0 Å². The molecule has 25 heavy (non-hydrogen) atoms. The predicted molar refractivity (Wildman–Crippen MR) is 101 cm³/mol. The minimum atomic E-state index is -0.433. The third-order valence-electron chi connectivity index (χ3n) is 4.24. The van der Waals surface area contributed by atoms with E-state index in [0.717, 1.165) is 40.7 Å². The summed E-state index contributed by atoms with van der Waals surface area (Å²) >= 11 is 0. The highest BCUT2D eigenvalue weighted by atomic mass is 16.3. The number of phenolic OH excluding ortho intramolecular Hbond substituents is 1. The smallest absolute Gasteiger partial charge is 0.249 e. The first-order valence-corrected chi connectivity index (χ1v) is 8.41. The van der Waals surface area contributed by atoms with E-state index in [0.29, 0.717) is 5.56 Å². The zero-order valence-corrected chi connectivity index (χ0v) is 14.2. The molecule has 0 fully saturated rings. The van der Waals surface area contributed by atoms with Crippen molar-refractivity contribution in [3.63, 3.8) is 0 Å². The first-order valence-electron chi connectivity index (χ1n) is 8.41. The molecule has 3 aromatic carbocycles. The van der Waals surface area contributed by atoms with E-state index in [1.54, 1.807) is 12.1 Å². The Morgan fingerprint density at radius 1 is 0.960 bits per heavy atom. The van der Waals surface area contributed by atoms with Gasteiger partial charge >= 0.3 is 0 Å². The van der Waals surface area contributed by atoms with Gasteiger partial charge in [0, 0.05) is 11.1 Å². The van der Waals surface area contributed by atoms with E-state index in [-0.39, 0.29) is 5.75 Å². The Labute approximate surface area is 147 Å². The van der Waals surface area contributed by atoms with Gasteiger partial charge in [0.2, 0.25) is 5.91 Å². The Bertz CT molecular complexity index is 884. The quantitative estimate of drug-likeness (QED) is 0.707. The molecule has 0 aliphatic heterocycles. The highest BCUT2D eigenvalue weighted by Gasteiger charge is 2.17. The molecule has 0 aliphatic carbocycles. The third-order valence-corrected chi connectivity index (χ3v) is 4.24. The number of hydrogen-bond donors (Lipinski definition) is 2. The van der Waals surface area contributed by atoms with Crippen LogP contribution in [0.3, 0.4) is 0 Å². The summed E-state index contributed by atoms with van der Waals surface area (Å²) in [4.78, 5) is 12.2. The number of amides is 1. The van der Waals surface area contributed by atoms with Crippen LogP contribution in [0.25, 0.3) is 22.3 Å². The molecule has 0 heterocycles. The summed E-state index contributed by atoms with van der Waals surface area (Å²) in [6.45, 7) is 2.11. The van der Waals surface area contributed by atoms with Gasteiger partial charge in [0.15, 0.2) is 0 Å². The highest BCUT2D eigenvalue weighted by molar-refractivity contribution is 6.04. The van der Waals surface area contributed by atoms with Crippen molar-refractivity contribution < 1.29 is 9.90 Å². The largest absolute Gasteiger partial charge is 0.508 e. The van der Waals surface area contributed by atoms with Gasteiger partial charge in [-0.15, -0.1) is 0 Å². The number of nitrogens with two attached hydrogens (primary N) is 1. The number of carbonyl (C=O) groups is 1. The van der Waals surface area contributed by atoms with Gasteiger partial charge in [-0.05, 0) is 46.9 Å². The second-order valence-corrected chi connectivity index (χ2v) is 6.09. The lowest BCUT2D eigenvalue weighted by atomic mass is 9.87. The fourth-order valence-corrected chi connectivity index (χ4v) is 3.11. The summed E-state index contributed by atoms with van der Waals surface area (Å²) in [7, 11) is 0. The number of carbonyl (C=O) groups excluding carboxylic acids is 1. The van der Waals surface area contributed by atoms with Gasteiger partial charge in [-0.1, -0.05) is 61.9 Å². The molecule has 0 unspecified atom stereocenters. The van der Waals surface area contributed by atoms with Crippen molar-refractivity contribution in [2.45, 2.75) is 19.8 Å². The molecule has 3 heteroatoms. The second-order valence-electron chi connectivity index (χ2n) is 6.09. The molecule has 126 valence electrons. The first-order chi connectivity index (χ1) is 12.1. The molecule has 0 aliphatic rings. The topological polar surface area (TPSA) is 63.3 Å². The van der Waals surface area contributed by atoms with Gasteiger partial charge in [0.25, 0.3) is 0 Å². The maximum atomic E-state index is 12.2. The van der Waals surface area contributed by atoms with Crippen molar-refractivity contribution in [2.75, 3.05) is 0 Å². The average Bonchev–Trinajstić information content (AvgIpc) is 2.62. The molecule has 3 N–H and O–H groups in total. The van der Waals surface area contributed by atoms with E-state index < -0.39 is 5.91 Å². The van der Waals surface area contributed by atoms with E-state index >= 15 is 0 Å². The van der Waals surface area contributed by atoms with Crippen LogP contribution in [0.5, 0.6) is 5.75 Å². The minimum absolute atomic E-state index is 0.213. The van der Waals surface area contributed by atoms with Crippen LogP contribution in [-0.4, -0.2) is 11.0 Å². The molecule has 0 saturated carbocycles. The van der Waals surface area contributed by atoms with Crippen molar-refractivity contribution in [2.24, 2.45) is 5.73 Å². The lowest BCUT2D eigenvalue weighted by molar-refractivity contribution is 0.100. The van der Waals surface area contributed by atoms with Crippen molar-refractivity contribution in [1.29, 1.82) is 0 Å². The molecule has 3 rings (SSSR count). The van der Waals surface area contributed by atoms with Crippen LogP contribution in [0.4, 0.5) is 0 Å². The first kappa shape index (κ1) is 16.8. The zero-order valence-electron chi connectivity index (χ0n) is 14.2. The van der Waals surface area contributed by atoms with Gasteiger partial charge in [-0.3, -0.25) is 4.79 Å². The number of hydrogen-bond acceptors (Lipinski definition) is 2.